The number of amides is 1. The van der Waals surface area contributed by atoms with Crippen LogP contribution in [0.3, 0.4) is 0 Å². The lowest BCUT2D eigenvalue weighted by molar-refractivity contribution is -0.145. The summed E-state index contributed by atoms with van der Waals surface area (Å²) < 4.78 is 6.46. The van der Waals surface area contributed by atoms with E-state index in [-0.39, 0.29) is 41.7 Å². The minimum absolute atomic E-state index is 0.0620. The van der Waals surface area contributed by atoms with Crippen LogP contribution in [-0.2, 0) is 14.3 Å². The molecular formula is C17H16N2O3S. The zero-order chi connectivity index (χ0) is 15.7. The quantitative estimate of drug-likeness (QED) is 0.861. The average Bonchev–Trinajstić information content (AvgIpc) is 3.19. The molecule has 1 aromatic carbocycles. The van der Waals surface area contributed by atoms with E-state index in [1.54, 1.807) is 0 Å². The topological polar surface area (TPSA) is 68.3 Å². The molecule has 2 aromatic rings. The van der Waals surface area contributed by atoms with Crippen LogP contribution in [0.1, 0.15) is 18.4 Å². The van der Waals surface area contributed by atoms with Crippen LogP contribution in [0.4, 0.5) is 5.13 Å². The maximum absolute atomic E-state index is 12.7. The molecule has 118 valence electrons. The molecule has 0 unspecified atom stereocenters. The number of aromatic nitrogens is 1. The smallest absolute Gasteiger partial charge is 0.310 e. The van der Waals surface area contributed by atoms with Crippen LogP contribution >= 0.6 is 11.3 Å². The number of carbonyl (C=O) groups is 2. The molecule has 0 radical (unpaired) electrons. The second-order valence-electron chi connectivity index (χ2n) is 6.90. The summed E-state index contributed by atoms with van der Waals surface area (Å²) in [4.78, 5) is 29.2. The van der Waals surface area contributed by atoms with Crippen molar-refractivity contribution < 1.29 is 14.3 Å². The Bertz CT molecular complexity index is 843. The van der Waals surface area contributed by atoms with Crippen LogP contribution in [0.15, 0.2) is 18.2 Å². The molecule has 6 heteroatoms. The van der Waals surface area contributed by atoms with E-state index in [0.29, 0.717) is 5.13 Å². The largest absolute Gasteiger partial charge is 0.462 e. The second kappa shape index (κ2) is 4.54. The molecule has 1 aromatic heterocycles. The highest BCUT2D eigenvalue weighted by Gasteiger charge is 2.63. The third kappa shape index (κ3) is 1.87. The van der Waals surface area contributed by atoms with Crippen LogP contribution in [0.2, 0.25) is 0 Å². The minimum atomic E-state index is -0.250. The molecular weight excluding hydrogens is 312 g/mol. The molecule has 3 aliphatic rings. The number of carbonyl (C=O) groups excluding carboxylic acids is 2. The van der Waals surface area contributed by atoms with Gasteiger partial charge in [0.15, 0.2) is 5.13 Å². The van der Waals surface area contributed by atoms with Crippen molar-refractivity contribution in [3.8, 4) is 0 Å². The number of thiazole rings is 1. The van der Waals surface area contributed by atoms with Gasteiger partial charge in [-0.05, 0) is 43.4 Å². The molecule has 0 spiro atoms. The second-order valence-corrected chi connectivity index (χ2v) is 7.93. The monoisotopic (exact) mass is 328 g/mol. The number of hydrogen-bond acceptors (Lipinski definition) is 5. The summed E-state index contributed by atoms with van der Waals surface area (Å²) >= 11 is 1.48. The van der Waals surface area contributed by atoms with E-state index in [4.69, 9.17) is 4.74 Å². The molecule has 2 aliphatic carbocycles. The van der Waals surface area contributed by atoms with Crippen molar-refractivity contribution in [3.63, 3.8) is 0 Å². The van der Waals surface area contributed by atoms with Crippen LogP contribution in [-0.4, -0.2) is 23.0 Å². The number of rotatable bonds is 2. The number of esters is 1. The molecule has 2 heterocycles. The summed E-state index contributed by atoms with van der Waals surface area (Å²) in [5.41, 5.74) is 2.07. The van der Waals surface area contributed by atoms with Crippen molar-refractivity contribution in [1.29, 1.82) is 0 Å². The molecule has 1 N–H and O–H groups in total. The number of anilines is 1. The Morgan fingerprint density at radius 2 is 2.26 bits per heavy atom. The molecule has 5 nitrogen and oxygen atoms in total. The lowest BCUT2D eigenvalue weighted by atomic mass is 9.79. The van der Waals surface area contributed by atoms with Gasteiger partial charge in [-0.2, -0.15) is 0 Å². The van der Waals surface area contributed by atoms with E-state index in [0.717, 1.165) is 23.1 Å². The summed E-state index contributed by atoms with van der Waals surface area (Å²) in [7, 11) is 0. The van der Waals surface area contributed by atoms with E-state index < -0.39 is 0 Å². The molecule has 5 atom stereocenters. The normalized spacial score (nSPS) is 34.1. The van der Waals surface area contributed by atoms with Crippen LogP contribution < -0.4 is 5.32 Å². The van der Waals surface area contributed by atoms with Crippen LogP contribution in [0, 0.1) is 30.6 Å². The first-order chi connectivity index (χ1) is 11.1. The Labute approximate surface area is 137 Å². The number of fused-ring (bicyclic) bond motifs is 2. The Morgan fingerprint density at radius 3 is 3.13 bits per heavy atom. The summed E-state index contributed by atoms with van der Waals surface area (Å²) in [6.07, 6.45) is 1.84. The summed E-state index contributed by atoms with van der Waals surface area (Å²) in [6.45, 7) is 2.04. The van der Waals surface area contributed by atoms with Crippen molar-refractivity contribution in [1.82, 2.24) is 4.98 Å². The van der Waals surface area contributed by atoms with E-state index in [1.807, 2.05) is 19.1 Å². The van der Waals surface area contributed by atoms with Gasteiger partial charge in [0.2, 0.25) is 5.91 Å². The highest BCUT2D eigenvalue weighted by molar-refractivity contribution is 7.22. The molecule has 5 rings (SSSR count). The predicted molar refractivity (Wildman–Crippen MR) is 86.1 cm³/mol. The van der Waals surface area contributed by atoms with Crippen LogP contribution in [0.25, 0.3) is 10.2 Å². The average molecular weight is 328 g/mol. The summed E-state index contributed by atoms with van der Waals surface area (Å²) in [6, 6.07) is 6.05. The van der Waals surface area contributed by atoms with Crippen LogP contribution in [0.5, 0.6) is 0 Å². The third-order valence-corrected chi connectivity index (χ3v) is 6.49. The maximum Gasteiger partial charge on any atom is 0.310 e. The molecule has 1 saturated heterocycles. The fourth-order valence-electron chi connectivity index (χ4n) is 4.64. The zero-order valence-corrected chi connectivity index (χ0v) is 13.4. The highest BCUT2D eigenvalue weighted by atomic mass is 32.1. The first kappa shape index (κ1) is 13.5. The molecule has 2 bridgehead atoms. The number of nitrogens with zero attached hydrogens (tertiary/aromatic N) is 1. The van der Waals surface area contributed by atoms with Crippen molar-refractivity contribution in [2.24, 2.45) is 23.7 Å². The third-order valence-electron chi connectivity index (χ3n) is 5.56. The van der Waals surface area contributed by atoms with E-state index >= 15 is 0 Å². The highest BCUT2D eigenvalue weighted by Crippen LogP contribution is 2.57. The Morgan fingerprint density at radius 1 is 1.39 bits per heavy atom. The lowest BCUT2D eigenvalue weighted by Crippen LogP contribution is -2.35. The molecule has 2 saturated carbocycles. The van der Waals surface area contributed by atoms with Gasteiger partial charge in [0.1, 0.15) is 6.10 Å². The summed E-state index contributed by atoms with van der Waals surface area (Å²) in [5, 5.41) is 3.55. The van der Waals surface area contributed by atoms with Crippen molar-refractivity contribution in [2.75, 3.05) is 5.32 Å². The fraction of sp³-hybridized carbons (Fsp3) is 0.471. The first-order valence-corrected chi connectivity index (χ1v) is 8.80. The van der Waals surface area contributed by atoms with Gasteiger partial charge in [-0.15, -0.1) is 0 Å². The lowest BCUT2D eigenvalue weighted by Gasteiger charge is -2.22. The Balaban J connectivity index is 1.41. The Kier molecular flexibility index (Phi) is 2.66. The number of benzene rings is 1. The Hall–Kier alpha value is -1.95. The van der Waals surface area contributed by atoms with E-state index in [1.165, 1.54) is 16.9 Å². The maximum atomic E-state index is 12.7. The first-order valence-electron chi connectivity index (χ1n) is 7.99. The van der Waals surface area contributed by atoms with E-state index in [2.05, 4.69) is 16.4 Å². The van der Waals surface area contributed by atoms with Gasteiger partial charge in [0, 0.05) is 5.92 Å². The van der Waals surface area contributed by atoms with Gasteiger partial charge in [0.25, 0.3) is 0 Å². The predicted octanol–water partition coefficient (Wildman–Crippen LogP) is 2.74. The molecule has 3 fully saturated rings. The summed E-state index contributed by atoms with van der Waals surface area (Å²) in [5.74, 6) is -0.217. The van der Waals surface area contributed by atoms with Crippen molar-refractivity contribution in [2.45, 2.75) is 25.9 Å². The molecule has 1 amide bonds. The standard InChI is InChI=1S/C17H16N2O3S/c1-7-2-3-10-12(4-7)23-17(18-10)19-15(20)13-8-5-9-11(6-8)22-16(21)14(9)13/h2-4,8-9,11,13-14H,5-6H2,1H3,(H,18,19,20)/t8-,9+,11-,13-,14-/m1/s1. The molecule has 23 heavy (non-hydrogen) atoms. The van der Waals surface area contributed by atoms with Gasteiger partial charge < -0.3 is 10.1 Å². The number of nitrogens with one attached hydrogen (secondary N) is 1. The van der Waals surface area contributed by atoms with Crippen molar-refractivity contribution >= 4 is 38.6 Å². The number of hydrogen-bond donors (Lipinski definition) is 1. The number of aryl methyl sites for hydroxylation is 1. The van der Waals surface area contributed by atoms with Gasteiger partial charge in [0.05, 0.1) is 22.1 Å². The van der Waals surface area contributed by atoms with Gasteiger partial charge in [-0.25, -0.2) is 4.98 Å². The van der Waals surface area contributed by atoms with Gasteiger partial charge >= 0.3 is 5.97 Å². The zero-order valence-electron chi connectivity index (χ0n) is 12.6. The van der Waals surface area contributed by atoms with Gasteiger partial charge in [-0.3, -0.25) is 9.59 Å². The SMILES string of the molecule is Cc1ccc2nc(NC(=O)[C@@H]3[C@@H]4C[C@@H]5[C@H]3C(=O)O[C@@H]5C4)sc2c1. The number of ether oxygens (including phenoxy) is 1. The van der Waals surface area contributed by atoms with Crippen molar-refractivity contribution in [3.05, 3.63) is 23.8 Å². The van der Waals surface area contributed by atoms with E-state index in [9.17, 15) is 9.59 Å². The molecule has 1 aliphatic heterocycles. The minimum Gasteiger partial charge on any atom is -0.462 e. The fourth-order valence-corrected chi connectivity index (χ4v) is 5.60. The van der Waals surface area contributed by atoms with Gasteiger partial charge in [-0.1, -0.05) is 17.4 Å².